The molecule has 0 atom stereocenters. The molecule has 0 N–H and O–H groups in total. The molecule has 162 valence electrons. The number of hydrogen-bond acceptors (Lipinski definition) is 3. The van der Waals surface area contributed by atoms with Crippen LogP contribution in [-0.2, 0) is 11.2 Å². The van der Waals surface area contributed by atoms with Crippen molar-refractivity contribution in [3.8, 4) is 0 Å². The summed E-state index contributed by atoms with van der Waals surface area (Å²) in [4.78, 5) is 19.3. The van der Waals surface area contributed by atoms with Gasteiger partial charge in [0.25, 0.3) is 0 Å². The van der Waals surface area contributed by atoms with Crippen LogP contribution >= 0.6 is 0 Å². The molecule has 2 aliphatic heterocycles. The van der Waals surface area contributed by atoms with Crippen LogP contribution in [0.5, 0.6) is 0 Å². The SMILES string of the molecule is CCN1CCC(N(C(C)=O)c2ccc3c(c2)N(CC)CC3)CC1.Fc1ccccc1. The number of amides is 1. The topological polar surface area (TPSA) is 26.8 Å². The Kier molecular flexibility index (Phi) is 7.86. The maximum atomic E-state index is 12.3. The average molecular weight is 412 g/mol. The molecule has 0 saturated carbocycles. The number of nitrogens with zero attached hydrogens (tertiary/aromatic N) is 3. The van der Waals surface area contributed by atoms with Crippen molar-refractivity contribution in [3.05, 3.63) is 59.9 Å². The van der Waals surface area contributed by atoms with Crippen LogP contribution < -0.4 is 9.80 Å². The Morgan fingerprint density at radius 3 is 2.27 bits per heavy atom. The maximum absolute atomic E-state index is 12.3. The van der Waals surface area contributed by atoms with Gasteiger partial charge in [-0.05, 0) is 62.6 Å². The molecule has 5 heteroatoms. The monoisotopic (exact) mass is 411 g/mol. The summed E-state index contributed by atoms with van der Waals surface area (Å²) in [5.41, 5.74) is 3.81. The number of piperidine rings is 1. The Labute approximate surface area is 180 Å². The lowest BCUT2D eigenvalue weighted by molar-refractivity contribution is -0.117. The van der Waals surface area contributed by atoms with Gasteiger partial charge in [0.15, 0.2) is 0 Å². The Hall–Kier alpha value is -2.40. The van der Waals surface area contributed by atoms with Gasteiger partial charge in [0.2, 0.25) is 5.91 Å². The van der Waals surface area contributed by atoms with Gasteiger partial charge in [-0.25, -0.2) is 4.39 Å². The molecule has 0 bridgehead atoms. The Morgan fingerprint density at radius 1 is 1.03 bits per heavy atom. The fraction of sp³-hybridized carbons (Fsp3) is 0.480. The summed E-state index contributed by atoms with van der Waals surface area (Å²) in [6, 6.07) is 14.9. The van der Waals surface area contributed by atoms with Crippen LogP contribution in [0.2, 0.25) is 0 Å². The Bertz CT molecular complexity index is 818. The number of carbonyl (C=O) groups is 1. The van der Waals surface area contributed by atoms with Gasteiger partial charge in [-0.3, -0.25) is 4.79 Å². The number of hydrogen-bond donors (Lipinski definition) is 0. The normalized spacial score (nSPS) is 16.6. The van der Waals surface area contributed by atoms with Crippen molar-refractivity contribution in [2.45, 2.75) is 46.1 Å². The second kappa shape index (κ2) is 10.6. The van der Waals surface area contributed by atoms with E-state index < -0.39 is 0 Å². The number of likely N-dealkylation sites (N-methyl/N-ethyl adjacent to an activating group) is 1. The molecule has 2 aliphatic rings. The summed E-state index contributed by atoms with van der Waals surface area (Å²) >= 11 is 0. The van der Waals surface area contributed by atoms with Crippen LogP contribution in [0.4, 0.5) is 15.8 Å². The summed E-state index contributed by atoms with van der Waals surface area (Å²) < 4.78 is 11.9. The summed E-state index contributed by atoms with van der Waals surface area (Å²) in [6.45, 7) is 11.5. The summed E-state index contributed by atoms with van der Waals surface area (Å²) in [5, 5.41) is 0. The smallest absolute Gasteiger partial charge is 0.224 e. The zero-order chi connectivity index (χ0) is 21.5. The Balaban J connectivity index is 0.000000310. The Morgan fingerprint density at radius 2 is 1.73 bits per heavy atom. The van der Waals surface area contributed by atoms with Crippen LogP contribution in [-0.4, -0.2) is 49.6 Å². The minimum atomic E-state index is -0.178. The molecule has 0 radical (unpaired) electrons. The molecule has 2 aromatic carbocycles. The van der Waals surface area contributed by atoms with Gasteiger partial charge in [-0.15, -0.1) is 0 Å². The third-order valence-electron chi connectivity index (χ3n) is 6.16. The predicted molar refractivity (Wildman–Crippen MR) is 123 cm³/mol. The largest absolute Gasteiger partial charge is 0.371 e. The summed E-state index contributed by atoms with van der Waals surface area (Å²) in [7, 11) is 0. The van der Waals surface area contributed by atoms with Gasteiger partial charge in [-0.2, -0.15) is 0 Å². The molecule has 30 heavy (non-hydrogen) atoms. The van der Waals surface area contributed by atoms with Gasteiger partial charge >= 0.3 is 0 Å². The van der Waals surface area contributed by atoms with Crippen molar-refractivity contribution in [1.29, 1.82) is 0 Å². The van der Waals surface area contributed by atoms with Crippen LogP contribution in [0.25, 0.3) is 0 Å². The van der Waals surface area contributed by atoms with Crippen molar-refractivity contribution in [1.82, 2.24) is 4.90 Å². The third kappa shape index (κ3) is 5.39. The maximum Gasteiger partial charge on any atom is 0.224 e. The van der Waals surface area contributed by atoms with E-state index in [1.165, 1.54) is 23.4 Å². The average Bonchev–Trinajstić information content (AvgIpc) is 3.17. The fourth-order valence-corrected chi connectivity index (χ4v) is 4.47. The van der Waals surface area contributed by atoms with Gasteiger partial charge in [0.1, 0.15) is 5.82 Å². The molecular formula is C25H34FN3O. The van der Waals surface area contributed by atoms with E-state index in [4.69, 9.17) is 0 Å². The van der Waals surface area contributed by atoms with Crippen molar-refractivity contribution < 1.29 is 9.18 Å². The van der Waals surface area contributed by atoms with Crippen LogP contribution in [0.3, 0.4) is 0 Å². The van der Waals surface area contributed by atoms with E-state index in [2.05, 4.69) is 41.8 Å². The molecule has 0 aromatic heterocycles. The highest BCUT2D eigenvalue weighted by atomic mass is 19.1. The first kappa shape index (κ1) is 22.3. The minimum absolute atomic E-state index is 0.168. The number of likely N-dealkylation sites (tertiary alicyclic amines) is 1. The standard InChI is InChI=1S/C19H29N3O.C6H5F/c1-4-20-11-9-17(10-12-20)22(15(3)23)18-7-6-16-8-13-21(5-2)19(16)14-18;7-6-4-2-1-3-5-6/h6-7,14,17H,4-5,8-13H2,1-3H3;1-5H. The number of carbonyl (C=O) groups excluding carboxylic acids is 1. The van der Waals surface area contributed by atoms with E-state index in [9.17, 15) is 9.18 Å². The zero-order valence-corrected chi connectivity index (χ0v) is 18.5. The minimum Gasteiger partial charge on any atom is -0.371 e. The molecule has 0 aliphatic carbocycles. The highest BCUT2D eigenvalue weighted by molar-refractivity contribution is 5.93. The van der Waals surface area contributed by atoms with E-state index in [1.54, 1.807) is 25.1 Å². The number of halogens is 1. The number of benzene rings is 2. The fourth-order valence-electron chi connectivity index (χ4n) is 4.47. The highest BCUT2D eigenvalue weighted by Crippen LogP contribution is 2.34. The van der Waals surface area contributed by atoms with Gasteiger partial charge in [0.05, 0.1) is 0 Å². The number of rotatable bonds is 4. The van der Waals surface area contributed by atoms with E-state index >= 15 is 0 Å². The van der Waals surface area contributed by atoms with Crippen LogP contribution in [0.1, 0.15) is 39.2 Å². The first-order valence-electron chi connectivity index (χ1n) is 11.1. The van der Waals surface area contributed by atoms with Crippen LogP contribution in [0.15, 0.2) is 48.5 Å². The molecule has 0 unspecified atom stereocenters. The number of fused-ring (bicyclic) bond motifs is 1. The lowest BCUT2D eigenvalue weighted by Crippen LogP contribution is -2.47. The molecule has 0 spiro atoms. The third-order valence-corrected chi connectivity index (χ3v) is 6.16. The van der Waals surface area contributed by atoms with E-state index in [0.29, 0.717) is 6.04 Å². The van der Waals surface area contributed by atoms with Gasteiger partial charge < -0.3 is 14.7 Å². The first-order valence-corrected chi connectivity index (χ1v) is 11.1. The van der Waals surface area contributed by atoms with Gasteiger partial charge in [-0.1, -0.05) is 31.2 Å². The second-order valence-electron chi connectivity index (χ2n) is 7.99. The molecule has 1 amide bonds. The highest BCUT2D eigenvalue weighted by Gasteiger charge is 2.28. The van der Waals surface area contributed by atoms with Crippen LogP contribution in [0, 0.1) is 5.82 Å². The predicted octanol–water partition coefficient (Wildman–Crippen LogP) is 4.73. The molecule has 4 rings (SSSR count). The molecule has 1 saturated heterocycles. The van der Waals surface area contributed by atoms with Gasteiger partial charge in [0, 0.05) is 50.5 Å². The van der Waals surface area contributed by atoms with Crippen molar-refractivity contribution in [2.75, 3.05) is 42.5 Å². The second-order valence-corrected chi connectivity index (χ2v) is 7.99. The lowest BCUT2D eigenvalue weighted by Gasteiger charge is -2.38. The molecule has 1 fully saturated rings. The van der Waals surface area contributed by atoms with Crippen molar-refractivity contribution >= 4 is 17.3 Å². The van der Waals surface area contributed by atoms with Crippen molar-refractivity contribution in [3.63, 3.8) is 0 Å². The molecule has 2 aromatic rings. The number of anilines is 2. The summed E-state index contributed by atoms with van der Waals surface area (Å²) in [6.07, 6.45) is 3.27. The van der Waals surface area contributed by atoms with E-state index in [0.717, 1.165) is 57.7 Å². The molecule has 4 nitrogen and oxygen atoms in total. The van der Waals surface area contributed by atoms with E-state index in [1.807, 2.05) is 4.90 Å². The zero-order valence-electron chi connectivity index (χ0n) is 18.5. The quantitative estimate of drug-likeness (QED) is 0.728. The molecular weight excluding hydrogens is 377 g/mol. The lowest BCUT2D eigenvalue weighted by atomic mass is 10.0. The van der Waals surface area contributed by atoms with Crippen molar-refractivity contribution in [2.24, 2.45) is 0 Å². The summed E-state index contributed by atoms with van der Waals surface area (Å²) in [5.74, 6) is -0.0107. The first-order chi connectivity index (χ1) is 14.5. The van der Waals surface area contributed by atoms with E-state index in [-0.39, 0.29) is 11.7 Å². The molecule has 2 heterocycles.